The minimum absolute atomic E-state index is 0.108. The van der Waals surface area contributed by atoms with E-state index in [0.29, 0.717) is 32.0 Å². The SMILES string of the molecule is CCCCC(CC)CNCC(O)CN(C)C1C[C@@H](C)O[C@@H](O[C@@H]2[C@@H](C)[C@H](O[C@H]3C[C@@](C)(OC)[C@@H](O)[C@H](C)O3)[C@@H](C)C(=O)O[C@H](CC)[C@@](C)(O)[C@H](O)[C@@H](C)N(C)C[C@H](C)C[C@@]2(C)O)[C@@H]1O. The third kappa shape index (κ3) is 14.7. The number of likely N-dealkylation sites (N-methyl/N-ethyl adjacent to an activating group) is 2. The summed E-state index contributed by atoms with van der Waals surface area (Å²) in [5.41, 5.74) is -4.50. The van der Waals surface area contributed by atoms with Crippen LogP contribution < -0.4 is 5.32 Å². The summed E-state index contributed by atoms with van der Waals surface area (Å²) in [5, 5.41) is 73.9. The smallest absolute Gasteiger partial charge is 0.311 e. The summed E-state index contributed by atoms with van der Waals surface area (Å²) in [5.74, 6) is -2.20. The fraction of sp³-hybridized carbons (Fsp3) is 0.979. The molecular weight excluding hydrogens is 827 g/mol. The molecule has 0 aliphatic carbocycles. The molecule has 3 saturated heterocycles. The minimum Gasteiger partial charge on any atom is -0.459 e. The van der Waals surface area contributed by atoms with Gasteiger partial charge in [-0.3, -0.25) is 9.69 Å². The van der Waals surface area contributed by atoms with E-state index in [9.17, 15) is 35.4 Å². The van der Waals surface area contributed by atoms with Crippen molar-refractivity contribution in [3.05, 3.63) is 0 Å². The first-order valence-electron chi connectivity index (χ1n) is 24.4. The van der Waals surface area contributed by atoms with Crippen LogP contribution in [0.3, 0.4) is 0 Å². The summed E-state index contributed by atoms with van der Waals surface area (Å²) in [7, 11) is 5.22. The Labute approximate surface area is 386 Å². The molecule has 0 aromatic carbocycles. The van der Waals surface area contributed by atoms with E-state index in [4.69, 9.17) is 28.4 Å². The van der Waals surface area contributed by atoms with Crippen LogP contribution >= 0.6 is 0 Å². The van der Waals surface area contributed by atoms with E-state index in [1.807, 2.05) is 44.7 Å². The molecule has 16 nitrogen and oxygen atoms in total. The summed E-state index contributed by atoms with van der Waals surface area (Å²) in [6.45, 7) is 23.9. The van der Waals surface area contributed by atoms with Crippen LogP contribution in [-0.2, 0) is 33.2 Å². The zero-order valence-electron chi connectivity index (χ0n) is 42.2. The summed E-state index contributed by atoms with van der Waals surface area (Å²) in [4.78, 5) is 18.3. The Kier molecular flexibility index (Phi) is 22.3. The molecule has 64 heavy (non-hydrogen) atoms. The molecule has 0 aromatic rings. The average Bonchev–Trinajstić information content (AvgIpc) is 3.22. The number of ether oxygens (including phenoxy) is 6. The number of carbonyl (C=O) groups excluding carboxylic acids is 1. The molecule has 3 fully saturated rings. The topological polar surface area (TPSA) is 212 Å². The van der Waals surface area contributed by atoms with Gasteiger partial charge in [-0.05, 0) is 107 Å². The van der Waals surface area contributed by atoms with E-state index in [2.05, 4.69) is 19.2 Å². The lowest BCUT2D eigenvalue weighted by molar-refractivity contribution is -0.318. The first-order chi connectivity index (χ1) is 29.8. The highest BCUT2D eigenvalue weighted by Crippen LogP contribution is 2.40. The van der Waals surface area contributed by atoms with Crippen molar-refractivity contribution in [2.45, 2.75) is 231 Å². The van der Waals surface area contributed by atoms with Gasteiger partial charge in [0.1, 0.15) is 30.0 Å². The second-order valence-corrected chi connectivity index (χ2v) is 20.9. The van der Waals surface area contributed by atoms with Gasteiger partial charge >= 0.3 is 5.97 Å². The largest absolute Gasteiger partial charge is 0.459 e. The van der Waals surface area contributed by atoms with Gasteiger partial charge in [0.25, 0.3) is 0 Å². The van der Waals surface area contributed by atoms with E-state index in [1.165, 1.54) is 20.5 Å². The van der Waals surface area contributed by atoms with Crippen molar-refractivity contribution >= 4 is 5.97 Å². The third-order valence-electron chi connectivity index (χ3n) is 15.0. The normalized spacial score (nSPS) is 43.6. The molecule has 0 saturated carbocycles. The summed E-state index contributed by atoms with van der Waals surface area (Å²) in [6, 6.07) is -1.03. The molecular formula is C48H93N3O13. The Morgan fingerprint density at radius 2 is 1.61 bits per heavy atom. The van der Waals surface area contributed by atoms with Gasteiger partial charge in [0.05, 0.1) is 47.6 Å². The lowest BCUT2D eigenvalue weighted by Crippen LogP contribution is -2.61. The number of esters is 1. The van der Waals surface area contributed by atoms with Crippen molar-refractivity contribution in [2.24, 2.45) is 23.7 Å². The number of hydrogen-bond acceptors (Lipinski definition) is 16. The van der Waals surface area contributed by atoms with Crippen molar-refractivity contribution in [3.8, 4) is 0 Å². The lowest BCUT2D eigenvalue weighted by atomic mass is 9.77. The summed E-state index contributed by atoms with van der Waals surface area (Å²) >= 11 is 0. The van der Waals surface area contributed by atoms with E-state index >= 15 is 0 Å². The molecule has 16 heteroatoms. The second kappa shape index (κ2) is 25.0. The first kappa shape index (κ1) is 57.2. The molecule has 20 atom stereocenters. The number of rotatable bonds is 17. The number of hydrogen-bond donors (Lipinski definition) is 7. The van der Waals surface area contributed by atoms with Crippen molar-refractivity contribution in [2.75, 3.05) is 47.4 Å². The first-order valence-corrected chi connectivity index (χ1v) is 24.4. The number of aliphatic hydroxyl groups excluding tert-OH is 4. The van der Waals surface area contributed by atoms with Crippen LogP contribution in [0.25, 0.3) is 0 Å². The van der Waals surface area contributed by atoms with Crippen LogP contribution in [0.4, 0.5) is 0 Å². The molecule has 378 valence electrons. The van der Waals surface area contributed by atoms with E-state index in [0.717, 1.165) is 25.8 Å². The van der Waals surface area contributed by atoms with Gasteiger partial charge in [0.2, 0.25) is 0 Å². The number of nitrogens with one attached hydrogen (secondary N) is 1. The lowest BCUT2D eigenvalue weighted by Gasteiger charge is -2.49. The maximum absolute atomic E-state index is 14.4. The number of unbranched alkanes of at least 4 members (excludes halogenated alkanes) is 1. The molecule has 3 heterocycles. The third-order valence-corrected chi connectivity index (χ3v) is 15.0. The van der Waals surface area contributed by atoms with Crippen LogP contribution in [-0.4, -0.2) is 190 Å². The molecule has 3 aliphatic rings. The highest BCUT2D eigenvalue weighted by Gasteiger charge is 2.53. The number of aliphatic hydroxyl groups is 6. The van der Waals surface area contributed by atoms with Crippen LogP contribution in [0.1, 0.15) is 134 Å². The molecule has 7 N–H and O–H groups in total. The monoisotopic (exact) mass is 920 g/mol. The quantitative estimate of drug-likeness (QED) is 0.104. The standard InChI is InChI=1S/C48H93N3O13/c1-16-19-20-34(17-2)24-49-25-35(52)27-51(14)36-21-29(5)60-45(39(36)53)64-43-30(6)40(63-38-23-47(11,59-15)42(55)33(9)61-38)31(7)44(56)62-37(18-3)48(12,58)41(54)32(8)50(13)26-28(4)22-46(43,10)57/h28-43,45,49,52-55,57-58H,16-27H2,1-15H3/t28-,29-,30+,31-,32-,33+,34?,35?,36?,37-,38+,39-,40+,41-,42+,43-,45+,46-,47-,48-/m1/s1. The summed E-state index contributed by atoms with van der Waals surface area (Å²) < 4.78 is 38.1. The molecule has 3 rings (SSSR count). The molecule has 0 aromatic heterocycles. The van der Waals surface area contributed by atoms with Crippen molar-refractivity contribution < 1.29 is 63.9 Å². The fourth-order valence-electron chi connectivity index (χ4n) is 10.6. The van der Waals surface area contributed by atoms with Crippen LogP contribution in [0.5, 0.6) is 0 Å². The number of nitrogens with zero attached hydrogens (tertiary/aromatic N) is 2. The minimum atomic E-state index is -1.83. The zero-order valence-corrected chi connectivity index (χ0v) is 42.2. The zero-order chi connectivity index (χ0) is 48.5. The van der Waals surface area contributed by atoms with E-state index in [-0.39, 0.29) is 31.3 Å². The molecule has 0 radical (unpaired) electrons. The maximum atomic E-state index is 14.4. The Bertz CT molecular complexity index is 1380. The van der Waals surface area contributed by atoms with E-state index < -0.39 is 108 Å². The predicted molar refractivity (Wildman–Crippen MR) is 245 cm³/mol. The van der Waals surface area contributed by atoms with Gasteiger partial charge in [-0.1, -0.05) is 53.9 Å². The van der Waals surface area contributed by atoms with Gasteiger partial charge in [0.15, 0.2) is 12.6 Å². The molecule has 0 bridgehead atoms. The Morgan fingerprint density at radius 1 is 0.953 bits per heavy atom. The number of methoxy groups -OCH3 is 1. The highest BCUT2D eigenvalue weighted by molar-refractivity contribution is 5.73. The Hall–Kier alpha value is -1.09. The maximum Gasteiger partial charge on any atom is 0.311 e. The Balaban J connectivity index is 2.05. The van der Waals surface area contributed by atoms with Gasteiger partial charge < -0.3 is 69.3 Å². The van der Waals surface area contributed by atoms with Crippen LogP contribution in [0.2, 0.25) is 0 Å². The molecule has 0 amide bonds. The van der Waals surface area contributed by atoms with Gasteiger partial charge in [-0.15, -0.1) is 0 Å². The fourth-order valence-corrected chi connectivity index (χ4v) is 10.6. The average molecular weight is 920 g/mol. The molecule has 3 aliphatic heterocycles. The van der Waals surface area contributed by atoms with Crippen LogP contribution in [0, 0.1) is 23.7 Å². The summed E-state index contributed by atoms with van der Waals surface area (Å²) in [6.07, 6.45) is -5.15. The molecule has 3 unspecified atom stereocenters. The van der Waals surface area contributed by atoms with Crippen molar-refractivity contribution in [1.82, 2.24) is 15.1 Å². The van der Waals surface area contributed by atoms with Crippen LogP contribution in [0.15, 0.2) is 0 Å². The van der Waals surface area contributed by atoms with Crippen molar-refractivity contribution in [3.63, 3.8) is 0 Å². The van der Waals surface area contributed by atoms with Crippen molar-refractivity contribution in [1.29, 1.82) is 0 Å². The number of carbonyl (C=O) groups is 1. The van der Waals surface area contributed by atoms with Gasteiger partial charge in [0, 0.05) is 51.2 Å². The Morgan fingerprint density at radius 3 is 2.20 bits per heavy atom. The van der Waals surface area contributed by atoms with Gasteiger partial charge in [-0.25, -0.2) is 0 Å². The number of cyclic esters (lactones) is 1. The second-order valence-electron chi connectivity index (χ2n) is 20.9. The highest BCUT2D eigenvalue weighted by atomic mass is 16.7. The predicted octanol–water partition coefficient (Wildman–Crippen LogP) is 3.44. The van der Waals surface area contributed by atoms with E-state index in [1.54, 1.807) is 41.5 Å². The molecule has 0 spiro atoms. The van der Waals surface area contributed by atoms with Gasteiger partial charge in [-0.2, -0.15) is 0 Å².